The number of carbonyl (C=O) groups is 1. The van der Waals surface area contributed by atoms with Gasteiger partial charge in [0.15, 0.2) is 0 Å². The third-order valence-corrected chi connectivity index (χ3v) is 8.90. The third kappa shape index (κ3) is 5.82. The number of piperidine rings is 1. The van der Waals surface area contributed by atoms with Crippen molar-refractivity contribution in [2.75, 3.05) is 38.3 Å². The number of aryl methyl sites for hydroxylation is 1. The Balaban J connectivity index is 1.52. The van der Waals surface area contributed by atoms with E-state index in [1.165, 1.54) is 7.11 Å². The van der Waals surface area contributed by atoms with Crippen LogP contribution in [-0.4, -0.2) is 54.6 Å². The SMILES string of the molecule is COC(=O)Cc1c(C)cn2nc3cc2c1N1CCC(C)(CC1)OCC(C)CCOc1ccc(C#N)cc1-c1cccc-3c1. The molecular formula is C35H38N4O4. The highest BCUT2D eigenvalue weighted by Gasteiger charge is 2.33. The Labute approximate surface area is 252 Å². The summed E-state index contributed by atoms with van der Waals surface area (Å²) < 4.78 is 19.9. The molecule has 1 saturated heterocycles. The van der Waals surface area contributed by atoms with Crippen molar-refractivity contribution in [2.24, 2.45) is 5.92 Å². The van der Waals surface area contributed by atoms with Crippen LogP contribution in [0.3, 0.4) is 0 Å². The van der Waals surface area contributed by atoms with Gasteiger partial charge >= 0.3 is 5.97 Å². The largest absolute Gasteiger partial charge is 0.493 e. The van der Waals surface area contributed by atoms with Crippen molar-refractivity contribution in [1.82, 2.24) is 9.61 Å². The van der Waals surface area contributed by atoms with E-state index in [2.05, 4.69) is 43.0 Å². The molecule has 4 aromatic rings. The van der Waals surface area contributed by atoms with Gasteiger partial charge in [0, 0.05) is 37.0 Å². The fourth-order valence-electron chi connectivity index (χ4n) is 6.15. The number of aromatic nitrogens is 2. The van der Waals surface area contributed by atoms with Crippen LogP contribution in [0, 0.1) is 24.2 Å². The van der Waals surface area contributed by atoms with Crippen LogP contribution < -0.4 is 9.64 Å². The van der Waals surface area contributed by atoms with E-state index in [-0.39, 0.29) is 18.0 Å². The van der Waals surface area contributed by atoms with E-state index >= 15 is 0 Å². The zero-order valence-electron chi connectivity index (χ0n) is 25.4. The highest BCUT2D eigenvalue weighted by Crippen LogP contribution is 2.38. The standard InChI is InChI=1S/C35H38N4O4/c1-23-10-15-42-32-9-8-25(20-36)16-29(32)26-6-5-7-27(17-26)30-19-31-34(38-13-11-35(3,12-14-38)43-22-23)28(18-33(40)41-4)24(2)21-39(31)37-30/h5-9,16-17,19,21,23H,10-15,18,22H2,1-4H3. The Hall–Kier alpha value is -4.35. The fraction of sp³-hybridized carbons (Fsp3) is 0.400. The summed E-state index contributed by atoms with van der Waals surface area (Å²) in [7, 11) is 1.43. The molecule has 0 amide bonds. The Kier molecular flexibility index (Phi) is 7.85. The van der Waals surface area contributed by atoms with Crippen molar-refractivity contribution in [1.29, 1.82) is 5.26 Å². The predicted octanol–water partition coefficient (Wildman–Crippen LogP) is 6.36. The van der Waals surface area contributed by atoms with Gasteiger partial charge < -0.3 is 19.1 Å². The number of methoxy groups -OCH3 is 1. The molecule has 1 unspecified atom stereocenters. The zero-order chi connectivity index (χ0) is 30.1. The van der Waals surface area contributed by atoms with Crippen molar-refractivity contribution >= 4 is 17.2 Å². The predicted molar refractivity (Wildman–Crippen MR) is 166 cm³/mol. The van der Waals surface area contributed by atoms with Gasteiger partial charge in [-0.15, -0.1) is 0 Å². The van der Waals surface area contributed by atoms with E-state index in [1.54, 1.807) is 6.07 Å². The van der Waals surface area contributed by atoms with Gasteiger partial charge in [-0.1, -0.05) is 25.1 Å². The van der Waals surface area contributed by atoms with Gasteiger partial charge in [0.05, 0.1) is 54.3 Å². The van der Waals surface area contributed by atoms with E-state index in [4.69, 9.17) is 19.3 Å². The summed E-state index contributed by atoms with van der Waals surface area (Å²) in [5.41, 5.74) is 7.92. The molecule has 1 fully saturated rings. The van der Waals surface area contributed by atoms with Crippen LogP contribution in [-0.2, 0) is 20.7 Å². The lowest BCUT2D eigenvalue weighted by molar-refractivity contribution is -0.139. The van der Waals surface area contributed by atoms with Crippen LogP contribution in [0.4, 0.5) is 5.69 Å². The molecule has 1 atom stereocenters. The number of esters is 1. The molecule has 2 aromatic heterocycles. The van der Waals surface area contributed by atoms with E-state index in [0.717, 1.165) is 82.8 Å². The average Bonchev–Trinajstić information content (AvgIpc) is 3.44. The topological polar surface area (TPSA) is 89.1 Å². The number of carbonyl (C=O) groups excluding carboxylic acids is 1. The maximum Gasteiger partial charge on any atom is 0.310 e. The molecule has 3 aliphatic rings. The Morgan fingerprint density at radius 3 is 2.72 bits per heavy atom. The first kappa shape index (κ1) is 28.8. The molecule has 8 heteroatoms. The van der Waals surface area contributed by atoms with Gasteiger partial charge in [-0.2, -0.15) is 10.4 Å². The highest BCUT2D eigenvalue weighted by molar-refractivity contribution is 5.86. The average molecular weight is 579 g/mol. The van der Waals surface area contributed by atoms with E-state index < -0.39 is 0 Å². The zero-order valence-corrected chi connectivity index (χ0v) is 25.4. The summed E-state index contributed by atoms with van der Waals surface area (Å²) in [5.74, 6) is 0.819. The highest BCUT2D eigenvalue weighted by atomic mass is 16.5. The minimum atomic E-state index is -0.261. The van der Waals surface area contributed by atoms with Crippen LogP contribution in [0.5, 0.6) is 5.75 Å². The molecule has 8 nitrogen and oxygen atoms in total. The Morgan fingerprint density at radius 2 is 1.95 bits per heavy atom. The normalized spacial score (nSPS) is 20.4. The minimum absolute atomic E-state index is 0.198. The van der Waals surface area contributed by atoms with E-state index in [1.807, 2.05) is 41.9 Å². The summed E-state index contributed by atoms with van der Waals surface area (Å²) in [4.78, 5) is 14.9. The van der Waals surface area contributed by atoms with Crippen molar-refractivity contribution in [3.8, 4) is 34.2 Å². The summed E-state index contributed by atoms with van der Waals surface area (Å²) in [5, 5.41) is 14.6. The summed E-state index contributed by atoms with van der Waals surface area (Å²) >= 11 is 0. The van der Waals surface area contributed by atoms with Crippen LogP contribution in [0.2, 0.25) is 0 Å². The second-order valence-electron chi connectivity index (χ2n) is 12.1. The maximum absolute atomic E-state index is 12.5. The molecular weight excluding hydrogens is 540 g/mol. The van der Waals surface area contributed by atoms with Crippen LogP contribution >= 0.6 is 0 Å². The molecule has 3 aliphatic heterocycles. The molecule has 0 saturated carbocycles. The minimum Gasteiger partial charge on any atom is -0.493 e. The fourth-order valence-corrected chi connectivity index (χ4v) is 6.15. The number of fused-ring (bicyclic) bond motifs is 7. The first-order chi connectivity index (χ1) is 20.8. The third-order valence-electron chi connectivity index (χ3n) is 8.90. The number of ether oxygens (including phenoxy) is 3. The molecule has 5 heterocycles. The smallest absolute Gasteiger partial charge is 0.310 e. The number of nitriles is 1. The van der Waals surface area contributed by atoms with Crippen molar-refractivity contribution in [2.45, 2.75) is 52.1 Å². The molecule has 222 valence electrons. The molecule has 43 heavy (non-hydrogen) atoms. The Morgan fingerprint density at radius 1 is 1.16 bits per heavy atom. The number of pyridine rings is 1. The quantitative estimate of drug-likeness (QED) is 0.256. The van der Waals surface area contributed by atoms with Crippen molar-refractivity contribution < 1.29 is 19.0 Å². The van der Waals surface area contributed by atoms with Crippen LogP contribution in [0.15, 0.2) is 54.7 Å². The number of nitrogens with zero attached hydrogens (tertiary/aromatic N) is 4. The van der Waals surface area contributed by atoms with Crippen LogP contribution in [0.25, 0.3) is 27.9 Å². The summed E-state index contributed by atoms with van der Waals surface area (Å²) in [6, 6.07) is 18.2. The Bertz CT molecular complexity index is 1710. The second kappa shape index (κ2) is 11.7. The molecule has 0 spiro atoms. The van der Waals surface area contributed by atoms with Gasteiger partial charge in [-0.3, -0.25) is 4.79 Å². The number of rotatable bonds is 2. The lowest BCUT2D eigenvalue weighted by Crippen LogP contribution is -2.45. The molecule has 0 radical (unpaired) electrons. The first-order valence-electron chi connectivity index (χ1n) is 15.0. The van der Waals surface area contributed by atoms with Crippen molar-refractivity contribution in [3.05, 3.63) is 71.4 Å². The van der Waals surface area contributed by atoms with Gasteiger partial charge in [0.1, 0.15) is 5.75 Å². The lowest BCUT2D eigenvalue weighted by atomic mass is 9.91. The monoisotopic (exact) mass is 578 g/mol. The van der Waals surface area contributed by atoms with Gasteiger partial charge in [-0.05, 0) is 86.1 Å². The first-order valence-corrected chi connectivity index (χ1v) is 15.0. The lowest BCUT2D eigenvalue weighted by Gasteiger charge is -2.41. The molecule has 7 rings (SSSR count). The van der Waals surface area contributed by atoms with Gasteiger partial charge in [0.25, 0.3) is 0 Å². The van der Waals surface area contributed by atoms with E-state index in [9.17, 15) is 10.1 Å². The van der Waals surface area contributed by atoms with Crippen molar-refractivity contribution in [3.63, 3.8) is 0 Å². The summed E-state index contributed by atoms with van der Waals surface area (Å²) in [6.07, 6.45) is 4.82. The molecule has 0 N–H and O–H groups in total. The van der Waals surface area contributed by atoms with Gasteiger partial charge in [-0.25, -0.2) is 4.52 Å². The maximum atomic E-state index is 12.5. The number of anilines is 1. The number of hydrogen-bond acceptors (Lipinski definition) is 7. The number of benzene rings is 2. The molecule has 6 bridgehead atoms. The van der Waals surface area contributed by atoms with Crippen LogP contribution in [0.1, 0.15) is 49.8 Å². The van der Waals surface area contributed by atoms with Gasteiger partial charge in [0.2, 0.25) is 0 Å². The number of hydrogen-bond donors (Lipinski definition) is 0. The molecule has 2 aromatic carbocycles. The molecule has 0 aliphatic carbocycles. The van der Waals surface area contributed by atoms with E-state index in [0.29, 0.717) is 24.7 Å². The second-order valence-corrected chi connectivity index (χ2v) is 12.1. The summed E-state index contributed by atoms with van der Waals surface area (Å²) in [6.45, 7) is 9.29.